The molecule has 0 aliphatic heterocycles. The number of anilines is 2. The van der Waals surface area contributed by atoms with Gasteiger partial charge in [0.05, 0.1) is 5.56 Å². The molecule has 0 atom stereocenters. The predicted molar refractivity (Wildman–Crippen MR) is 80.2 cm³/mol. The highest BCUT2D eigenvalue weighted by Crippen LogP contribution is 2.17. The zero-order chi connectivity index (χ0) is 14.5. The number of rotatable bonds is 4. The van der Waals surface area contributed by atoms with Crippen molar-refractivity contribution in [2.45, 2.75) is 6.42 Å². The number of aromatic nitrogens is 1. The largest absolute Gasteiger partial charge is 0.399 e. The number of carbonyl (C=O) groups excluding carboxylic acids is 1. The first-order chi connectivity index (χ1) is 9.58. The smallest absolute Gasteiger partial charge is 0.255 e. The van der Waals surface area contributed by atoms with E-state index in [9.17, 15) is 4.79 Å². The van der Waals surface area contributed by atoms with Crippen molar-refractivity contribution in [1.82, 2.24) is 9.88 Å². The number of nitrogen functional groups attached to an aromatic ring is 2. The second kappa shape index (κ2) is 6.06. The molecule has 0 saturated carbocycles. The van der Waals surface area contributed by atoms with Gasteiger partial charge in [-0.15, -0.1) is 0 Å². The van der Waals surface area contributed by atoms with Crippen molar-refractivity contribution in [3.63, 3.8) is 0 Å². The molecule has 1 heterocycles. The summed E-state index contributed by atoms with van der Waals surface area (Å²) in [5.41, 5.74) is 14.0. The molecular formula is C15H18N4O. The van der Waals surface area contributed by atoms with Crippen LogP contribution < -0.4 is 11.5 Å². The van der Waals surface area contributed by atoms with Gasteiger partial charge in [-0.2, -0.15) is 0 Å². The summed E-state index contributed by atoms with van der Waals surface area (Å²) in [6.07, 6.45) is 4.27. The van der Waals surface area contributed by atoms with Gasteiger partial charge in [-0.05, 0) is 42.3 Å². The minimum Gasteiger partial charge on any atom is -0.399 e. The van der Waals surface area contributed by atoms with Gasteiger partial charge in [0.15, 0.2) is 0 Å². The first-order valence-electron chi connectivity index (χ1n) is 6.37. The zero-order valence-electron chi connectivity index (χ0n) is 11.4. The molecule has 0 aliphatic rings. The molecule has 20 heavy (non-hydrogen) atoms. The van der Waals surface area contributed by atoms with Gasteiger partial charge in [-0.3, -0.25) is 9.78 Å². The van der Waals surface area contributed by atoms with Crippen LogP contribution in [0.25, 0.3) is 0 Å². The summed E-state index contributed by atoms with van der Waals surface area (Å²) in [6.45, 7) is 0.618. The molecule has 0 saturated heterocycles. The molecule has 0 fully saturated rings. The van der Waals surface area contributed by atoms with Crippen LogP contribution in [0.15, 0.2) is 42.7 Å². The number of amides is 1. The quantitative estimate of drug-likeness (QED) is 0.826. The molecule has 5 nitrogen and oxygen atoms in total. The fourth-order valence-corrected chi connectivity index (χ4v) is 1.93. The van der Waals surface area contributed by atoms with Crippen LogP contribution in [-0.4, -0.2) is 29.4 Å². The molecule has 0 radical (unpaired) electrons. The van der Waals surface area contributed by atoms with E-state index in [1.807, 2.05) is 12.1 Å². The number of hydrogen-bond donors (Lipinski definition) is 2. The van der Waals surface area contributed by atoms with Gasteiger partial charge in [0.1, 0.15) is 0 Å². The van der Waals surface area contributed by atoms with Crippen LogP contribution in [0.1, 0.15) is 15.9 Å². The molecule has 2 aromatic rings. The van der Waals surface area contributed by atoms with Crippen LogP contribution in [0.5, 0.6) is 0 Å². The van der Waals surface area contributed by atoms with Crippen molar-refractivity contribution >= 4 is 17.3 Å². The van der Waals surface area contributed by atoms with E-state index in [2.05, 4.69) is 4.98 Å². The maximum atomic E-state index is 12.3. The summed E-state index contributed by atoms with van der Waals surface area (Å²) in [5.74, 6) is -0.100. The van der Waals surface area contributed by atoms with Gasteiger partial charge in [0.25, 0.3) is 5.91 Å². The predicted octanol–water partition coefficient (Wildman–Crippen LogP) is 1.56. The summed E-state index contributed by atoms with van der Waals surface area (Å²) in [4.78, 5) is 17.9. The monoisotopic (exact) mass is 270 g/mol. The number of nitrogens with zero attached hydrogens (tertiary/aromatic N) is 2. The zero-order valence-corrected chi connectivity index (χ0v) is 11.4. The third-order valence-corrected chi connectivity index (χ3v) is 3.14. The topological polar surface area (TPSA) is 85.2 Å². The van der Waals surface area contributed by atoms with E-state index >= 15 is 0 Å². The Bertz CT molecular complexity index is 598. The highest BCUT2D eigenvalue weighted by Gasteiger charge is 2.14. The lowest BCUT2D eigenvalue weighted by Gasteiger charge is -2.18. The number of nitrogens with two attached hydrogens (primary N) is 2. The summed E-state index contributed by atoms with van der Waals surface area (Å²) in [6, 6.07) is 8.83. The van der Waals surface area contributed by atoms with E-state index in [1.165, 1.54) is 0 Å². The van der Waals surface area contributed by atoms with E-state index in [-0.39, 0.29) is 5.91 Å². The average Bonchev–Trinajstić information content (AvgIpc) is 2.45. The molecule has 1 aromatic heterocycles. The highest BCUT2D eigenvalue weighted by atomic mass is 16.2. The first-order valence-corrected chi connectivity index (χ1v) is 6.37. The van der Waals surface area contributed by atoms with E-state index in [4.69, 9.17) is 11.5 Å². The SMILES string of the molecule is CN(CCc1ccncc1)C(=O)c1ccc(N)cc1N. The Balaban J connectivity index is 2.01. The van der Waals surface area contributed by atoms with Gasteiger partial charge in [-0.25, -0.2) is 0 Å². The summed E-state index contributed by atoms with van der Waals surface area (Å²) in [7, 11) is 1.76. The Labute approximate surface area is 118 Å². The Morgan fingerprint density at radius 2 is 1.90 bits per heavy atom. The number of pyridine rings is 1. The van der Waals surface area contributed by atoms with Crippen molar-refractivity contribution in [3.8, 4) is 0 Å². The molecule has 1 aromatic carbocycles. The second-order valence-electron chi connectivity index (χ2n) is 4.68. The minimum absolute atomic E-state index is 0.100. The van der Waals surface area contributed by atoms with Crippen LogP contribution in [0.3, 0.4) is 0 Å². The van der Waals surface area contributed by atoms with Crippen LogP contribution in [-0.2, 0) is 6.42 Å². The second-order valence-corrected chi connectivity index (χ2v) is 4.68. The molecule has 0 bridgehead atoms. The summed E-state index contributed by atoms with van der Waals surface area (Å²) in [5, 5.41) is 0. The fraction of sp³-hybridized carbons (Fsp3) is 0.200. The third kappa shape index (κ3) is 3.26. The maximum absolute atomic E-state index is 12.3. The molecule has 0 spiro atoms. The highest BCUT2D eigenvalue weighted by molar-refractivity contribution is 5.99. The lowest BCUT2D eigenvalue weighted by Crippen LogP contribution is -2.29. The van der Waals surface area contributed by atoms with Gasteiger partial charge < -0.3 is 16.4 Å². The van der Waals surface area contributed by atoms with Crippen molar-refractivity contribution in [1.29, 1.82) is 0 Å². The lowest BCUT2D eigenvalue weighted by atomic mass is 10.1. The fourth-order valence-electron chi connectivity index (χ4n) is 1.93. The lowest BCUT2D eigenvalue weighted by molar-refractivity contribution is 0.0797. The Kier molecular flexibility index (Phi) is 4.20. The first kappa shape index (κ1) is 13.9. The Morgan fingerprint density at radius 1 is 1.20 bits per heavy atom. The van der Waals surface area contributed by atoms with Crippen LogP contribution >= 0.6 is 0 Å². The van der Waals surface area contributed by atoms with Gasteiger partial charge in [-0.1, -0.05) is 0 Å². The van der Waals surface area contributed by atoms with E-state index in [0.29, 0.717) is 23.5 Å². The van der Waals surface area contributed by atoms with E-state index in [1.54, 1.807) is 42.5 Å². The van der Waals surface area contributed by atoms with Crippen molar-refractivity contribution in [2.75, 3.05) is 25.1 Å². The standard InChI is InChI=1S/C15H18N4O/c1-19(9-6-11-4-7-18-8-5-11)15(20)13-3-2-12(16)10-14(13)17/h2-5,7-8,10H,6,9,16-17H2,1H3. The molecule has 0 aliphatic carbocycles. The minimum atomic E-state index is -0.100. The van der Waals surface area contributed by atoms with E-state index in [0.717, 1.165) is 12.0 Å². The average molecular weight is 270 g/mol. The molecule has 2 rings (SSSR count). The number of carbonyl (C=O) groups is 1. The molecule has 1 amide bonds. The maximum Gasteiger partial charge on any atom is 0.255 e. The third-order valence-electron chi connectivity index (χ3n) is 3.14. The number of likely N-dealkylation sites (N-methyl/N-ethyl adjacent to an activating group) is 1. The summed E-state index contributed by atoms with van der Waals surface area (Å²) < 4.78 is 0. The number of benzene rings is 1. The van der Waals surface area contributed by atoms with Crippen LogP contribution in [0.2, 0.25) is 0 Å². The van der Waals surface area contributed by atoms with Crippen molar-refractivity contribution in [3.05, 3.63) is 53.9 Å². The van der Waals surface area contributed by atoms with E-state index < -0.39 is 0 Å². The molecule has 4 N–H and O–H groups in total. The van der Waals surface area contributed by atoms with Crippen molar-refractivity contribution < 1.29 is 4.79 Å². The molecule has 5 heteroatoms. The van der Waals surface area contributed by atoms with Gasteiger partial charge in [0, 0.05) is 37.4 Å². The van der Waals surface area contributed by atoms with Gasteiger partial charge >= 0.3 is 0 Å². The van der Waals surface area contributed by atoms with Gasteiger partial charge in [0.2, 0.25) is 0 Å². The number of hydrogen-bond acceptors (Lipinski definition) is 4. The van der Waals surface area contributed by atoms with Crippen molar-refractivity contribution in [2.24, 2.45) is 0 Å². The molecule has 0 unspecified atom stereocenters. The normalized spacial score (nSPS) is 10.2. The molecule has 104 valence electrons. The molecular weight excluding hydrogens is 252 g/mol. The Morgan fingerprint density at radius 3 is 2.55 bits per heavy atom. The van der Waals surface area contributed by atoms with Crippen LogP contribution in [0.4, 0.5) is 11.4 Å². The summed E-state index contributed by atoms with van der Waals surface area (Å²) >= 11 is 0. The Hall–Kier alpha value is -2.56. The van der Waals surface area contributed by atoms with Crippen LogP contribution in [0, 0.1) is 0 Å².